The number of carbonyl (C=O) groups excluding carboxylic acids is 3. The summed E-state index contributed by atoms with van der Waals surface area (Å²) in [4.78, 5) is 37.2. The van der Waals surface area contributed by atoms with Crippen LogP contribution in [0.2, 0.25) is 0 Å². The molecule has 1 aromatic rings. The highest BCUT2D eigenvalue weighted by molar-refractivity contribution is 6.39. The molecule has 1 aromatic carbocycles. The molecule has 0 radical (unpaired) electrons. The van der Waals surface area contributed by atoms with E-state index in [4.69, 9.17) is 4.74 Å². The molecule has 2 rings (SSSR count). The van der Waals surface area contributed by atoms with E-state index in [-0.39, 0.29) is 5.78 Å². The first-order chi connectivity index (χ1) is 11.6. The highest BCUT2D eigenvalue weighted by atomic mass is 16.5. The zero-order chi connectivity index (χ0) is 17.4. The van der Waals surface area contributed by atoms with Crippen molar-refractivity contribution in [3.8, 4) is 0 Å². The molecule has 130 valence electrons. The number of rotatable bonds is 6. The van der Waals surface area contributed by atoms with Gasteiger partial charge in [-0.05, 0) is 32.0 Å². The number of ether oxygens (including phenoxy) is 1. The molecule has 24 heavy (non-hydrogen) atoms. The van der Waals surface area contributed by atoms with Crippen molar-refractivity contribution in [3.63, 3.8) is 0 Å². The minimum Gasteiger partial charge on any atom is -0.379 e. The number of nitrogens with zero attached hydrogens (tertiary/aromatic N) is 1. The molecule has 1 saturated heterocycles. The molecule has 1 aliphatic rings. The van der Waals surface area contributed by atoms with E-state index in [1.54, 1.807) is 24.3 Å². The number of amides is 2. The third-order valence-corrected chi connectivity index (χ3v) is 3.77. The lowest BCUT2D eigenvalue weighted by molar-refractivity contribution is -0.136. The number of benzene rings is 1. The van der Waals surface area contributed by atoms with Crippen LogP contribution in [0.1, 0.15) is 23.7 Å². The Bertz CT molecular complexity index is 597. The lowest BCUT2D eigenvalue weighted by atomic mass is 10.1. The molecule has 0 aliphatic carbocycles. The largest absolute Gasteiger partial charge is 0.379 e. The predicted molar refractivity (Wildman–Crippen MR) is 90.0 cm³/mol. The highest BCUT2D eigenvalue weighted by Gasteiger charge is 2.14. The Labute approximate surface area is 141 Å². The van der Waals surface area contributed by atoms with Gasteiger partial charge in [0.2, 0.25) is 0 Å². The smallest absolute Gasteiger partial charge is 0.313 e. The second-order valence-corrected chi connectivity index (χ2v) is 5.65. The van der Waals surface area contributed by atoms with Gasteiger partial charge in [0.05, 0.1) is 13.2 Å². The van der Waals surface area contributed by atoms with Crippen LogP contribution >= 0.6 is 0 Å². The van der Waals surface area contributed by atoms with E-state index in [0.717, 1.165) is 39.3 Å². The van der Waals surface area contributed by atoms with Crippen LogP contribution in [-0.2, 0) is 14.3 Å². The number of hydrogen-bond acceptors (Lipinski definition) is 5. The molecule has 7 nitrogen and oxygen atoms in total. The lowest BCUT2D eigenvalue weighted by Crippen LogP contribution is -2.39. The summed E-state index contributed by atoms with van der Waals surface area (Å²) in [5.41, 5.74) is 0.912. The summed E-state index contributed by atoms with van der Waals surface area (Å²) in [5.74, 6) is -1.51. The van der Waals surface area contributed by atoms with E-state index < -0.39 is 11.8 Å². The molecule has 0 spiro atoms. The molecule has 0 aromatic heterocycles. The summed E-state index contributed by atoms with van der Waals surface area (Å²) in [6.45, 7) is 6.05. The molecule has 1 aliphatic heterocycles. The van der Waals surface area contributed by atoms with E-state index in [0.29, 0.717) is 17.8 Å². The summed E-state index contributed by atoms with van der Waals surface area (Å²) >= 11 is 0. The molecule has 2 amide bonds. The number of hydrogen-bond donors (Lipinski definition) is 2. The fourth-order valence-electron chi connectivity index (χ4n) is 2.41. The summed E-state index contributed by atoms with van der Waals surface area (Å²) in [6, 6.07) is 6.50. The summed E-state index contributed by atoms with van der Waals surface area (Å²) in [6.07, 6.45) is 0.777. The van der Waals surface area contributed by atoms with Crippen LogP contribution in [0, 0.1) is 0 Å². The van der Waals surface area contributed by atoms with Crippen molar-refractivity contribution in [3.05, 3.63) is 29.8 Å². The van der Waals surface area contributed by atoms with E-state index in [1.165, 1.54) is 6.92 Å². The zero-order valence-electron chi connectivity index (χ0n) is 13.8. The fourth-order valence-corrected chi connectivity index (χ4v) is 2.41. The van der Waals surface area contributed by atoms with Crippen molar-refractivity contribution in [1.29, 1.82) is 0 Å². The quantitative estimate of drug-likeness (QED) is 0.454. The van der Waals surface area contributed by atoms with Crippen LogP contribution in [0.15, 0.2) is 24.3 Å². The summed E-state index contributed by atoms with van der Waals surface area (Å²) in [7, 11) is 0. The Morgan fingerprint density at radius 1 is 1.17 bits per heavy atom. The number of morpholine rings is 1. The summed E-state index contributed by atoms with van der Waals surface area (Å²) in [5, 5.41) is 5.10. The average Bonchev–Trinajstić information content (AvgIpc) is 2.59. The van der Waals surface area contributed by atoms with Gasteiger partial charge >= 0.3 is 11.8 Å². The van der Waals surface area contributed by atoms with Gasteiger partial charge in [-0.25, -0.2) is 0 Å². The third kappa shape index (κ3) is 5.75. The monoisotopic (exact) mass is 333 g/mol. The van der Waals surface area contributed by atoms with Gasteiger partial charge in [-0.3, -0.25) is 19.3 Å². The lowest BCUT2D eigenvalue weighted by Gasteiger charge is -2.26. The maximum absolute atomic E-state index is 11.9. The second kappa shape index (κ2) is 9.14. The van der Waals surface area contributed by atoms with Crippen LogP contribution in [-0.4, -0.2) is 61.9 Å². The Morgan fingerprint density at radius 3 is 2.62 bits per heavy atom. The molecule has 2 N–H and O–H groups in total. The van der Waals surface area contributed by atoms with Gasteiger partial charge in [-0.15, -0.1) is 0 Å². The first kappa shape index (κ1) is 18.1. The average molecular weight is 333 g/mol. The van der Waals surface area contributed by atoms with Crippen LogP contribution in [0.3, 0.4) is 0 Å². The molecule has 1 heterocycles. The van der Waals surface area contributed by atoms with Crippen molar-refractivity contribution in [2.75, 3.05) is 44.7 Å². The normalized spacial score (nSPS) is 14.9. The van der Waals surface area contributed by atoms with Crippen LogP contribution in [0.5, 0.6) is 0 Å². The van der Waals surface area contributed by atoms with Crippen LogP contribution in [0.25, 0.3) is 0 Å². The van der Waals surface area contributed by atoms with E-state index in [9.17, 15) is 14.4 Å². The SMILES string of the molecule is CC(=O)c1cccc(NC(=O)C(=O)NCCCN2CCOCC2)c1. The molecule has 0 atom stereocenters. The van der Waals surface area contributed by atoms with Crippen molar-refractivity contribution in [1.82, 2.24) is 10.2 Å². The van der Waals surface area contributed by atoms with Gasteiger partial charge in [0.25, 0.3) is 0 Å². The van der Waals surface area contributed by atoms with Crippen molar-refractivity contribution in [2.45, 2.75) is 13.3 Å². The summed E-state index contributed by atoms with van der Waals surface area (Å²) < 4.78 is 5.27. The Hall–Kier alpha value is -2.25. The van der Waals surface area contributed by atoms with Gasteiger partial charge < -0.3 is 15.4 Å². The molecular weight excluding hydrogens is 310 g/mol. The maximum atomic E-state index is 11.9. The minimum absolute atomic E-state index is 0.0985. The number of Topliss-reactive ketones (excluding diaryl/α,β-unsaturated/α-hetero) is 1. The number of nitrogens with one attached hydrogen (secondary N) is 2. The Morgan fingerprint density at radius 2 is 1.92 bits per heavy atom. The molecule has 7 heteroatoms. The molecule has 0 bridgehead atoms. The topological polar surface area (TPSA) is 87.7 Å². The second-order valence-electron chi connectivity index (χ2n) is 5.65. The van der Waals surface area contributed by atoms with Gasteiger partial charge in [0.15, 0.2) is 5.78 Å². The molecule has 1 fully saturated rings. The number of ketones is 1. The van der Waals surface area contributed by atoms with E-state index in [2.05, 4.69) is 15.5 Å². The van der Waals surface area contributed by atoms with E-state index in [1.807, 2.05) is 0 Å². The maximum Gasteiger partial charge on any atom is 0.313 e. The first-order valence-electron chi connectivity index (χ1n) is 8.06. The van der Waals surface area contributed by atoms with Gasteiger partial charge in [0, 0.05) is 30.9 Å². The minimum atomic E-state index is -0.734. The van der Waals surface area contributed by atoms with Crippen LogP contribution < -0.4 is 10.6 Å². The number of carbonyl (C=O) groups is 3. The number of anilines is 1. The zero-order valence-corrected chi connectivity index (χ0v) is 13.8. The molecule has 0 saturated carbocycles. The highest BCUT2D eigenvalue weighted by Crippen LogP contribution is 2.11. The third-order valence-electron chi connectivity index (χ3n) is 3.77. The van der Waals surface area contributed by atoms with Crippen molar-refractivity contribution >= 4 is 23.3 Å². The molecule has 0 unspecified atom stereocenters. The molecular formula is C17H23N3O4. The van der Waals surface area contributed by atoms with Crippen molar-refractivity contribution < 1.29 is 19.1 Å². The standard InChI is InChI=1S/C17H23N3O4/c1-13(21)14-4-2-5-15(12-14)19-17(23)16(22)18-6-3-7-20-8-10-24-11-9-20/h2,4-5,12H,3,6-11H2,1H3,(H,18,22)(H,19,23). The fraction of sp³-hybridized carbons (Fsp3) is 0.471. The Balaban J connectivity index is 1.71. The van der Waals surface area contributed by atoms with Crippen molar-refractivity contribution in [2.24, 2.45) is 0 Å². The first-order valence-corrected chi connectivity index (χ1v) is 8.06. The predicted octanol–water partition coefficient (Wildman–Crippen LogP) is 0.666. The van der Waals surface area contributed by atoms with Gasteiger partial charge in [-0.1, -0.05) is 12.1 Å². The van der Waals surface area contributed by atoms with Crippen LogP contribution in [0.4, 0.5) is 5.69 Å². The van der Waals surface area contributed by atoms with E-state index >= 15 is 0 Å². The Kier molecular flexibility index (Phi) is 6.89. The van der Waals surface area contributed by atoms with Gasteiger partial charge in [-0.2, -0.15) is 0 Å². The van der Waals surface area contributed by atoms with Gasteiger partial charge in [0.1, 0.15) is 0 Å².